The van der Waals surface area contributed by atoms with Gasteiger partial charge in [-0.2, -0.15) is 0 Å². The van der Waals surface area contributed by atoms with E-state index in [9.17, 15) is 10.2 Å². The molecule has 2 saturated carbocycles. The molecule has 2 fully saturated rings. The van der Waals surface area contributed by atoms with Crippen molar-refractivity contribution in [2.45, 2.75) is 58.2 Å². The molecule has 0 spiro atoms. The summed E-state index contributed by atoms with van der Waals surface area (Å²) in [5.74, 6) is 0. The maximum absolute atomic E-state index is 10.2. The Kier molecular flexibility index (Phi) is 1.97. The lowest BCUT2D eigenvalue weighted by Gasteiger charge is -2.55. The Hall–Kier alpha value is -0.0800. The first-order valence-electron chi connectivity index (χ1n) is 5.35. The van der Waals surface area contributed by atoms with E-state index >= 15 is 0 Å². The molecule has 0 aromatic heterocycles. The van der Waals surface area contributed by atoms with Gasteiger partial charge in [-0.25, -0.2) is 0 Å². The van der Waals surface area contributed by atoms with Gasteiger partial charge in [0.1, 0.15) is 0 Å². The smallest absolute Gasteiger partial charge is 0.0671 e. The maximum Gasteiger partial charge on any atom is 0.0671 e. The highest BCUT2D eigenvalue weighted by atomic mass is 16.3. The predicted octanol–water partition coefficient (Wildman–Crippen LogP) is 1.70. The van der Waals surface area contributed by atoms with Crippen molar-refractivity contribution in [1.82, 2.24) is 0 Å². The van der Waals surface area contributed by atoms with Crippen LogP contribution in [0.4, 0.5) is 0 Å². The minimum Gasteiger partial charge on any atom is -0.392 e. The highest BCUT2D eigenvalue weighted by Gasteiger charge is 2.54. The largest absolute Gasteiger partial charge is 0.392 e. The molecule has 4 atom stereocenters. The van der Waals surface area contributed by atoms with E-state index in [4.69, 9.17) is 0 Å². The van der Waals surface area contributed by atoms with Gasteiger partial charge in [0.25, 0.3) is 0 Å². The van der Waals surface area contributed by atoms with Crippen LogP contribution in [0.1, 0.15) is 46.0 Å². The van der Waals surface area contributed by atoms with Crippen LogP contribution in [0.5, 0.6) is 0 Å². The van der Waals surface area contributed by atoms with Crippen molar-refractivity contribution in [2.24, 2.45) is 10.8 Å². The molecular weight excluding hydrogens is 164 g/mol. The zero-order valence-electron chi connectivity index (χ0n) is 8.58. The maximum atomic E-state index is 10.2. The second-order valence-corrected chi connectivity index (χ2v) is 5.47. The van der Waals surface area contributed by atoms with E-state index in [1.807, 2.05) is 6.92 Å². The van der Waals surface area contributed by atoms with Gasteiger partial charge in [0.15, 0.2) is 0 Å². The van der Waals surface area contributed by atoms with Crippen LogP contribution < -0.4 is 0 Å². The van der Waals surface area contributed by atoms with E-state index in [0.29, 0.717) is 0 Å². The van der Waals surface area contributed by atoms with Crippen LogP contribution in [0.3, 0.4) is 0 Å². The molecule has 2 rings (SSSR count). The lowest BCUT2D eigenvalue weighted by Crippen LogP contribution is -2.57. The molecule has 13 heavy (non-hydrogen) atoms. The van der Waals surface area contributed by atoms with Crippen LogP contribution >= 0.6 is 0 Å². The molecule has 0 aromatic rings. The SMILES string of the molecule is C[C@]12CCC[C@](C)([C@H](O)CC1)[C@H]2O. The average molecular weight is 184 g/mol. The van der Waals surface area contributed by atoms with E-state index in [1.54, 1.807) is 0 Å². The number of rotatable bonds is 0. The summed E-state index contributed by atoms with van der Waals surface area (Å²) < 4.78 is 0. The third-order valence-electron chi connectivity index (χ3n) is 4.50. The Labute approximate surface area is 80.0 Å². The zero-order valence-corrected chi connectivity index (χ0v) is 8.58. The minimum atomic E-state index is -0.308. The minimum absolute atomic E-state index is 0.0756. The molecule has 0 heterocycles. The fourth-order valence-corrected chi connectivity index (χ4v) is 3.35. The molecule has 2 aliphatic carbocycles. The summed E-state index contributed by atoms with van der Waals surface area (Å²) in [6.45, 7) is 4.21. The van der Waals surface area contributed by atoms with Gasteiger partial charge >= 0.3 is 0 Å². The Morgan fingerprint density at radius 1 is 1.08 bits per heavy atom. The first-order chi connectivity index (χ1) is 5.99. The fourth-order valence-electron chi connectivity index (χ4n) is 3.35. The zero-order chi connectivity index (χ0) is 9.69. The van der Waals surface area contributed by atoms with Gasteiger partial charge in [-0.05, 0) is 31.1 Å². The lowest BCUT2D eigenvalue weighted by atomic mass is 9.53. The average Bonchev–Trinajstić information content (AvgIpc) is 2.08. The monoisotopic (exact) mass is 184 g/mol. The highest BCUT2D eigenvalue weighted by molar-refractivity contribution is 5.05. The molecule has 2 N–H and O–H groups in total. The standard InChI is InChI=1S/C11H20O2/c1-10-5-3-6-11(2,9(10)13)8(12)4-7-10/h8-9,12-13H,3-7H2,1-2H3/t8-,9+,10+,11-/m1/s1. The van der Waals surface area contributed by atoms with Gasteiger partial charge in [0, 0.05) is 5.41 Å². The van der Waals surface area contributed by atoms with E-state index in [0.717, 1.165) is 32.1 Å². The van der Waals surface area contributed by atoms with Crippen LogP contribution in [0.25, 0.3) is 0 Å². The number of aliphatic hydroxyl groups excluding tert-OH is 2. The van der Waals surface area contributed by atoms with Gasteiger partial charge < -0.3 is 10.2 Å². The summed E-state index contributed by atoms with van der Waals surface area (Å²) in [4.78, 5) is 0. The third-order valence-corrected chi connectivity index (χ3v) is 4.50. The second-order valence-electron chi connectivity index (χ2n) is 5.47. The Bertz CT molecular complexity index is 216. The molecule has 0 radical (unpaired) electrons. The van der Waals surface area contributed by atoms with E-state index < -0.39 is 0 Å². The van der Waals surface area contributed by atoms with Crippen molar-refractivity contribution in [3.63, 3.8) is 0 Å². The summed E-state index contributed by atoms with van der Waals surface area (Å²) in [6, 6.07) is 0. The second kappa shape index (κ2) is 2.71. The van der Waals surface area contributed by atoms with Crippen LogP contribution in [0.2, 0.25) is 0 Å². The Balaban J connectivity index is 2.31. The molecule has 2 bridgehead atoms. The lowest BCUT2D eigenvalue weighted by molar-refractivity contribution is -0.179. The fraction of sp³-hybridized carbons (Fsp3) is 1.00. The van der Waals surface area contributed by atoms with Crippen molar-refractivity contribution in [2.75, 3.05) is 0 Å². The molecule has 76 valence electrons. The molecule has 0 aliphatic heterocycles. The van der Waals surface area contributed by atoms with Crippen molar-refractivity contribution in [1.29, 1.82) is 0 Å². The molecule has 0 aromatic carbocycles. The summed E-state index contributed by atoms with van der Waals surface area (Å²) in [7, 11) is 0. The molecule has 0 saturated heterocycles. The third kappa shape index (κ3) is 1.15. The van der Waals surface area contributed by atoms with Crippen molar-refractivity contribution in [3.8, 4) is 0 Å². The quantitative estimate of drug-likeness (QED) is 0.601. The Morgan fingerprint density at radius 2 is 1.77 bits per heavy atom. The number of fused-ring (bicyclic) bond motifs is 2. The van der Waals surface area contributed by atoms with E-state index in [1.165, 1.54) is 0 Å². The molecule has 0 unspecified atom stereocenters. The first-order valence-corrected chi connectivity index (χ1v) is 5.35. The normalized spacial score (nSPS) is 56.3. The van der Waals surface area contributed by atoms with Crippen LogP contribution in [0, 0.1) is 10.8 Å². The predicted molar refractivity (Wildman–Crippen MR) is 51.3 cm³/mol. The van der Waals surface area contributed by atoms with Crippen molar-refractivity contribution < 1.29 is 10.2 Å². The summed E-state index contributed by atoms with van der Waals surface area (Å²) in [5, 5.41) is 20.1. The molecule has 2 heteroatoms. The molecule has 2 aliphatic rings. The highest BCUT2D eigenvalue weighted by Crippen LogP contribution is 2.55. The van der Waals surface area contributed by atoms with Crippen LogP contribution in [-0.4, -0.2) is 22.4 Å². The van der Waals surface area contributed by atoms with Gasteiger partial charge in [-0.3, -0.25) is 0 Å². The molecule has 2 nitrogen and oxygen atoms in total. The number of hydrogen-bond acceptors (Lipinski definition) is 2. The molecule has 0 amide bonds. The van der Waals surface area contributed by atoms with E-state index in [-0.39, 0.29) is 23.0 Å². The van der Waals surface area contributed by atoms with Gasteiger partial charge in [-0.15, -0.1) is 0 Å². The Morgan fingerprint density at radius 3 is 2.38 bits per heavy atom. The van der Waals surface area contributed by atoms with Gasteiger partial charge in [0.2, 0.25) is 0 Å². The van der Waals surface area contributed by atoms with Crippen LogP contribution in [0.15, 0.2) is 0 Å². The van der Waals surface area contributed by atoms with Crippen molar-refractivity contribution >= 4 is 0 Å². The summed E-state index contributed by atoms with van der Waals surface area (Å²) >= 11 is 0. The van der Waals surface area contributed by atoms with Gasteiger partial charge in [-0.1, -0.05) is 20.3 Å². The summed E-state index contributed by atoms with van der Waals surface area (Å²) in [5.41, 5.74) is -0.155. The molecular formula is C11H20O2. The van der Waals surface area contributed by atoms with Crippen LogP contribution in [-0.2, 0) is 0 Å². The topological polar surface area (TPSA) is 40.5 Å². The van der Waals surface area contributed by atoms with Gasteiger partial charge in [0.05, 0.1) is 12.2 Å². The summed E-state index contributed by atoms with van der Waals surface area (Å²) in [6.07, 6.45) is 4.49. The number of aliphatic hydroxyl groups is 2. The number of hydrogen-bond donors (Lipinski definition) is 2. The van der Waals surface area contributed by atoms with E-state index in [2.05, 4.69) is 6.92 Å². The van der Waals surface area contributed by atoms with Crippen molar-refractivity contribution in [3.05, 3.63) is 0 Å². The first kappa shape index (κ1) is 9.47.